The molecule has 0 unspecified atom stereocenters. The average molecular weight is 378 g/mol. The zero-order chi connectivity index (χ0) is 19.8. The smallest absolute Gasteiger partial charge is 0.355 e. The Morgan fingerprint density at radius 1 is 1.00 bits per heavy atom. The lowest BCUT2D eigenvalue weighted by Gasteiger charge is -2.20. The standard InChI is InChI=1S/C20H30N2O5/c1-4-26-20(25)18-13(2)17(14(3)21-18)19(24)27-12-16(23)22-15-10-8-6-5-7-9-11-15/h15,21H,4-12H2,1-3H3,(H,22,23). The maximum absolute atomic E-state index is 12.4. The average Bonchev–Trinajstić information content (AvgIpc) is 2.90. The summed E-state index contributed by atoms with van der Waals surface area (Å²) in [5.74, 6) is -1.42. The van der Waals surface area contributed by atoms with Crippen LogP contribution in [0.1, 0.15) is 84.0 Å². The van der Waals surface area contributed by atoms with E-state index in [4.69, 9.17) is 9.47 Å². The molecular weight excluding hydrogens is 348 g/mol. The lowest BCUT2D eigenvalue weighted by atomic mass is 9.97. The number of carbonyl (C=O) groups excluding carboxylic acids is 3. The summed E-state index contributed by atoms with van der Waals surface area (Å²) in [7, 11) is 0. The van der Waals surface area contributed by atoms with Crippen molar-refractivity contribution in [1.82, 2.24) is 10.3 Å². The van der Waals surface area contributed by atoms with Gasteiger partial charge in [-0.3, -0.25) is 4.79 Å². The molecule has 1 amide bonds. The topological polar surface area (TPSA) is 97.5 Å². The van der Waals surface area contributed by atoms with Gasteiger partial charge in [0.25, 0.3) is 5.91 Å². The van der Waals surface area contributed by atoms with E-state index in [9.17, 15) is 14.4 Å². The fraction of sp³-hybridized carbons (Fsp3) is 0.650. The van der Waals surface area contributed by atoms with Crippen LogP contribution in [0.2, 0.25) is 0 Å². The van der Waals surface area contributed by atoms with E-state index in [1.165, 1.54) is 19.3 Å². The summed E-state index contributed by atoms with van der Waals surface area (Å²) in [6.07, 6.45) is 7.84. The highest BCUT2D eigenvalue weighted by Crippen LogP contribution is 2.20. The Morgan fingerprint density at radius 2 is 1.63 bits per heavy atom. The van der Waals surface area contributed by atoms with Crippen LogP contribution in [0, 0.1) is 13.8 Å². The molecule has 0 aromatic carbocycles. The van der Waals surface area contributed by atoms with Gasteiger partial charge in [0.1, 0.15) is 5.69 Å². The molecule has 0 radical (unpaired) electrons. The van der Waals surface area contributed by atoms with Crippen LogP contribution in [0.25, 0.3) is 0 Å². The molecule has 1 aliphatic carbocycles. The number of aromatic nitrogens is 1. The van der Waals surface area contributed by atoms with E-state index in [2.05, 4.69) is 10.3 Å². The quantitative estimate of drug-likeness (QED) is 0.741. The van der Waals surface area contributed by atoms with Crippen molar-refractivity contribution in [2.24, 2.45) is 0 Å². The fourth-order valence-electron chi connectivity index (χ4n) is 3.54. The van der Waals surface area contributed by atoms with Gasteiger partial charge in [0.15, 0.2) is 6.61 Å². The number of rotatable bonds is 6. The maximum atomic E-state index is 12.4. The predicted molar refractivity (Wildman–Crippen MR) is 101 cm³/mol. The third-order valence-electron chi connectivity index (χ3n) is 4.93. The molecule has 1 heterocycles. The normalized spacial score (nSPS) is 15.5. The highest BCUT2D eigenvalue weighted by molar-refractivity contribution is 5.99. The van der Waals surface area contributed by atoms with Crippen molar-refractivity contribution in [1.29, 1.82) is 0 Å². The molecule has 0 saturated heterocycles. The number of hydrogen-bond acceptors (Lipinski definition) is 5. The van der Waals surface area contributed by atoms with Gasteiger partial charge in [0, 0.05) is 11.7 Å². The summed E-state index contributed by atoms with van der Waals surface area (Å²) in [5.41, 5.74) is 1.49. The zero-order valence-corrected chi connectivity index (χ0v) is 16.5. The van der Waals surface area contributed by atoms with Crippen molar-refractivity contribution >= 4 is 17.8 Å². The summed E-state index contributed by atoms with van der Waals surface area (Å²) >= 11 is 0. The summed E-state index contributed by atoms with van der Waals surface area (Å²) in [4.78, 5) is 39.3. The van der Waals surface area contributed by atoms with Gasteiger partial charge in [0.2, 0.25) is 0 Å². The molecule has 0 aliphatic heterocycles. The molecule has 0 bridgehead atoms. The Kier molecular flexibility index (Phi) is 7.88. The van der Waals surface area contributed by atoms with Crippen LogP contribution >= 0.6 is 0 Å². The second-order valence-electron chi connectivity index (χ2n) is 7.03. The molecule has 7 heteroatoms. The first-order valence-corrected chi connectivity index (χ1v) is 9.76. The van der Waals surface area contributed by atoms with Gasteiger partial charge in [0.05, 0.1) is 12.2 Å². The molecule has 1 aliphatic rings. The van der Waals surface area contributed by atoms with Crippen molar-refractivity contribution in [3.63, 3.8) is 0 Å². The van der Waals surface area contributed by atoms with Crippen LogP contribution in [-0.4, -0.2) is 42.1 Å². The van der Waals surface area contributed by atoms with Crippen LogP contribution in [0.3, 0.4) is 0 Å². The molecule has 1 aromatic rings. The van der Waals surface area contributed by atoms with Gasteiger partial charge in [-0.1, -0.05) is 32.1 Å². The first-order chi connectivity index (χ1) is 12.9. The number of carbonyl (C=O) groups is 3. The lowest BCUT2D eigenvalue weighted by Crippen LogP contribution is -2.38. The Hall–Kier alpha value is -2.31. The van der Waals surface area contributed by atoms with E-state index in [0.29, 0.717) is 11.3 Å². The molecule has 1 saturated carbocycles. The summed E-state index contributed by atoms with van der Waals surface area (Å²) in [5, 5.41) is 2.96. The SMILES string of the molecule is CCOC(=O)c1[nH]c(C)c(C(=O)OCC(=O)NC2CCCCCCC2)c1C. The van der Waals surface area contributed by atoms with Crippen molar-refractivity contribution < 1.29 is 23.9 Å². The minimum Gasteiger partial charge on any atom is -0.461 e. The summed E-state index contributed by atoms with van der Waals surface area (Å²) < 4.78 is 10.2. The second kappa shape index (κ2) is 10.1. The van der Waals surface area contributed by atoms with E-state index in [0.717, 1.165) is 25.7 Å². The van der Waals surface area contributed by atoms with E-state index < -0.39 is 11.9 Å². The summed E-state index contributed by atoms with van der Waals surface area (Å²) in [6, 6.07) is 0.155. The van der Waals surface area contributed by atoms with E-state index in [-0.39, 0.29) is 36.4 Å². The van der Waals surface area contributed by atoms with Crippen LogP contribution in [-0.2, 0) is 14.3 Å². The fourth-order valence-corrected chi connectivity index (χ4v) is 3.54. The maximum Gasteiger partial charge on any atom is 0.355 e. The van der Waals surface area contributed by atoms with Gasteiger partial charge in [-0.15, -0.1) is 0 Å². The number of aromatic amines is 1. The molecular formula is C20H30N2O5. The van der Waals surface area contributed by atoms with Crippen molar-refractivity contribution in [3.05, 3.63) is 22.5 Å². The van der Waals surface area contributed by atoms with Gasteiger partial charge < -0.3 is 19.8 Å². The first kappa shape index (κ1) is 21.0. The van der Waals surface area contributed by atoms with Crippen LogP contribution < -0.4 is 5.32 Å². The number of ether oxygens (including phenoxy) is 2. The largest absolute Gasteiger partial charge is 0.461 e. The van der Waals surface area contributed by atoms with Crippen LogP contribution in [0.5, 0.6) is 0 Å². The number of aryl methyl sites for hydroxylation is 1. The first-order valence-electron chi connectivity index (χ1n) is 9.76. The third-order valence-corrected chi connectivity index (χ3v) is 4.93. The van der Waals surface area contributed by atoms with E-state index >= 15 is 0 Å². The Morgan fingerprint density at radius 3 is 2.26 bits per heavy atom. The third kappa shape index (κ3) is 5.84. The predicted octanol–water partition coefficient (Wildman–Crippen LogP) is 3.19. The molecule has 7 nitrogen and oxygen atoms in total. The Labute approximate surface area is 160 Å². The monoisotopic (exact) mass is 378 g/mol. The Balaban J connectivity index is 1.91. The minimum absolute atomic E-state index is 0.155. The number of hydrogen-bond donors (Lipinski definition) is 2. The Bertz CT molecular complexity index is 672. The molecule has 0 atom stereocenters. The number of nitrogens with one attached hydrogen (secondary N) is 2. The second-order valence-corrected chi connectivity index (χ2v) is 7.03. The summed E-state index contributed by atoms with van der Waals surface area (Å²) in [6.45, 7) is 4.97. The van der Waals surface area contributed by atoms with Crippen LogP contribution in [0.15, 0.2) is 0 Å². The van der Waals surface area contributed by atoms with Crippen molar-refractivity contribution in [2.75, 3.05) is 13.2 Å². The van der Waals surface area contributed by atoms with Crippen molar-refractivity contribution in [2.45, 2.75) is 71.8 Å². The molecule has 1 aromatic heterocycles. The van der Waals surface area contributed by atoms with Gasteiger partial charge in [-0.2, -0.15) is 0 Å². The molecule has 2 N–H and O–H groups in total. The molecule has 1 fully saturated rings. The zero-order valence-electron chi connectivity index (χ0n) is 16.5. The minimum atomic E-state index is -0.621. The number of amides is 1. The van der Waals surface area contributed by atoms with Gasteiger partial charge in [-0.25, -0.2) is 9.59 Å². The highest BCUT2D eigenvalue weighted by atomic mass is 16.5. The number of esters is 2. The molecule has 0 spiro atoms. The highest BCUT2D eigenvalue weighted by Gasteiger charge is 2.24. The van der Waals surface area contributed by atoms with Gasteiger partial charge >= 0.3 is 11.9 Å². The van der Waals surface area contributed by atoms with E-state index in [1.54, 1.807) is 20.8 Å². The van der Waals surface area contributed by atoms with Crippen molar-refractivity contribution in [3.8, 4) is 0 Å². The van der Waals surface area contributed by atoms with Crippen LogP contribution in [0.4, 0.5) is 0 Å². The number of H-pyrrole nitrogens is 1. The molecule has 150 valence electrons. The molecule has 2 rings (SSSR count). The van der Waals surface area contributed by atoms with E-state index in [1.807, 2.05) is 0 Å². The molecule has 27 heavy (non-hydrogen) atoms. The van der Waals surface area contributed by atoms with Gasteiger partial charge in [-0.05, 0) is 39.2 Å². The lowest BCUT2D eigenvalue weighted by molar-refractivity contribution is -0.125.